The van der Waals surface area contributed by atoms with E-state index in [0.29, 0.717) is 40.3 Å². The van der Waals surface area contributed by atoms with E-state index in [2.05, 4.69) is 10.5 Å². The third-order valence-corrected chi connectivity index (χ3v) is 4.18. The van der Waals surface area contributed by atoms with Gasteiger partial charge in [0.2, 0.25) is 5.91 Å². The highest BCUT2D eigenvalue weighted by atomic mass is 35.5. The lowest BCUT2D eigenvalue weighted by atomic mass is 10.1. The van der Waals surface area contributed by atoms with Crippen LogP contribution in [0.15, 0.2) is 41.5 Å². The summed E-state index contributed by atoms with van der Waals surface area (Å²) in [6, 6.07) is 9.81. The standard InChI is InChI=1S/C19H20Cl2N2O4/c1-12(13-5-7-16(24)18(10-13)26-2)22-23-19(25)4-3-9-27-17-8-6-14(20)11-15(17)21/h5-8,10-11,24H,3-4,9H2,1-2H3,(H,23,25)/b22-12+. The largest absolute Gasteiger partial charge is 0.504 e. The van der Waals surface area contributed by atoms with E-state index in [9.17, 15) is 9.90 Å². The van der Waals surface area contributed by atoms with E-state index in [1.165, 1.54) is 13.2 Å². The number of carbonyl (C=O) groups excluding carboxylic acids is 1. The third kappa shape index (κ3) is 6.34. The number of amides is 1. The number of halogens is 2. The molecule has 2 N–H and O–H groups in total. The summed E-state index contributed by atoms with van der Waals surface area (Å²) in [5.74, 6) is 0.674. The summed E-state index contributed by atoms with van der Waals surface area (Å²) >= 11 is 11.8. The molecule has 2 aromatic rings. The van der Waals surface area contributed by atoms with Crippen molar-refractivity contribution in [3.63, 3.8) is 0 Å². The molecule has 0 unspecified atom stereocenters. The minimum absolute atomic E-state index is 0.0406. The quantitative estimate of drug-likeness (QED) is 0.383. The van der Waals surface area contributed by atoms with Crippen LogP contribution < -0.4 is 14.9 Å². The van der Waals surface area contributed by atoms with E-state index in [4.69, 9.17) is 32.7 Å². The van der Waals surface area contributed by atoms with Crippen LogP contribution in [0.4, 0.5) is 0 Å². The molecule has 0 aliphatic rings. The molecule has 0 saturated heterocycles. The van der Waals surface area contributed by atoms with Crippen LogP contribution in [0.1, 0.15) is 25.3 Å². The Bertz CT molecular complexity index is 840. The van der Waals surface area contributed by atoms with Crippen LogP contribution in [0.3, 0.4) is 0 Å². The van der Waals surface area contributed by atoms with Crippen molar-refractivity contribution < 1.29 is 19.4 Å². The first-order chi connectivity index (χ1) is 12.9. The van der Waals surface area contributed by atoms with Gasteiger partial charge in [0.05, 0.1) is 24.5 Å². The molecule has 2 aromatic carbocycles. The van der Waals surface area contributed by atoms with Crippen LogP contribution in [0.25, 0.3) is 0 Å². The van der Waals surface area contributed by atoms with Crippen molar-refractivity contribution >= 4 is 34.8 Å². The molecule has 0 aromatic heterocycles. The smallest absolute Gasteiger partial charge is 0.240 e. The normalized spacial score (nSPS) is 11.2. The summed E-state index contributed by atoms with van der Waals surface area (Å²) in [5.41, 5.74) is 3.81. The second kappa shape index (κ2) is 10.0. The minimum atomic E-state index is -0.231. The molecule has 144 valence electrons. The Morgan fingerprint density at radius 3 is 2.67 bits per heavy atom. The van der Waals surface area contributed by atoms with Crippen molar-refractivity contribution in [2.75, 3.05) is 13.7 Å². The van der Waals surface area contributed by atoms with Crippen molar-refractivity contribution in [1.29, 1.82) is 0 Å². The monoisotopic (exact) mass is 410 g/mol. The first-order valence-corrected chi connectivity index (χ1v) is 8.94. The number of ether oxygens (including phenoxy) is 2. The maximum absolute atomic E-state index is 11.9. The molecule has 1 amide bonds. The predicted molar refractivity (Wildman–Crippen MR) is 106 cm³/mol. The number of rotatable bonds is 8. The van der Waals surface area contributed by atoms with Gasteiger partial charge in [-0.3, -0.25) is 4.79 Å². The summed E-state index contributed by atoms with van der Waals surface area (Å²) in [7, 11) is 1.46. The zero-order valence-electron chi connectivity index (χ0n) is 15.0. The lowest BCUT2D eigenvalue weighted by Crippen LogP contribution is -2.19. The van der Waals surface area contributed by atoms with Gasteiger partial charge in [-0.15, -0.1) is 0 Å². The van der Waals surface area contributed by atoms with Gasteiger partial charge in [-0.25, -0.2) is 5.43 Å². The van der Waals surface area contributed by atoms with Crippen molar-refractivity contribution in [1.82, 2.24) is 5.43 Å². The fraction of sp³-hybridized carbons (Fsp3) is 0.263. The number of methoxy groups -OCH3 is 1. The summed E-state index contributed by atoms with van der Waals surface area (Å²) in [5, 5.41) is 14.6. The molecule has 0 atom stereocenters. The molecule has 8 heteroatoms. The van der Waals surface area contributed by atoms with Crippen molar-refractivity contribution in [2.45, 2.75) is 19.8 Å². The van der Waals surface area contributed by atoms with Crippen molar-refractivity contribution in [3.8, 4) is 17.2 Å². The Balaban J connectivity index is 1.79. The number of phenolic OH excluding ortho intramolecular Hbond substituents is 1. The molecule has 0 heterocycles. The van der Waals surface area contributed by atoms with Gasteiger partial charge >= 0.3 is 0 Å². The molecule has 2 rings (SSSR count). The topological polar surface area (TPSA) is 80.2 Å². The summed E-state index contributed by atoms with van der Waals surface area (Å²) in [6.45, 7) is 2.09. The van der Waals surface area contributed by atoms with E-state index in [1.54, 1.807) is 37.3 Å². The summed E-state index contributed by atoms with van der Waals surface area (Å²) in [6.07, 6.45) is 0.757. The molecule has 0 radical (unpaired) electrons. The number of hydrogen-bond acceptors (Lipinski definition) is 5. The molecular weight excluding hydrogens is 391 g/mol. The van der Waals surface area contributed by atoms with Crippen LogP contribution in [0.5, 0.6) is 17.2 Å². The van der Waals surface area contributed by atoms with E-state index < -0.39 is 0 Å². The molecule has 0 aliphatic carbocycles. The number of nitrogens with zero attached hydrogens (tertiary/aromatic N) is 1. The van der Waals surface area contributed by atoms with E-state index in [0.717, 1.165) is 5.56 Å². The average Bonchev–Trinajstić information content (AvgIpc) is 2.65. The van der Waals surface area contributed by atoms with Gasteiger partial charge < -0.3 is 14.6 Å². The zero-order chi connectivity index (χ0) is 19.8. The highest BCUT2D eigenvalue weighted by Crippen LogP contribution is 2.28. The number of benzene rings is 2. The number of nitrogens with one attached hydrogen (secondary N) is 1. The van der Waals surface area contributed by atoms with Gasteiger partial charge in [0.15, 0.2) is 11.5 Å². The van der Waals surface area contributed by atoms with Gasteiger partial charge in [-0.1, -0.05) is 23.2 Å². The highest BCUT2D eigenvalue weighted by molar-refractivity contribution is 6.35. The number of phenols is 1. The fourth-order valence-corrected chi connectivity index (χ4v) is 2.64. The Morgan fingerprint density at radius 2 is 1.96 bits per heavy atom. The van der Waals surface area contributed by atoms with E-state index >= 15 is 0 Å². The Labute approximate surface area is 167 Å². The van der Waals surface area contributed by atoms with Gasteiger partial charge in [0, 0.05) is 17.0 Å². The average molecular weight is 411 g/mol. The number of aromatic hydroxyl groups is 1. The van der Waals surface area contributed by atoms with Crippen LogP contribution in [-0.4, -0.2) is 30.4 Å². The number of carbonyl (C=O) groups is 1. The second-order valence-electron chi connectivity index (χ2n) is 5.65. The van der Waals surface area contributed by atoms with Gasteiger partial charge in [0.25, 0.3) is 0 Å². The third-order valence-electron chi connectivity index (χ3n) is 3.65. The van der Waals surface area contributed by atoms with Crippen LogP contribution in [0.2, 0.25) is 10.0 Å². The maximum Gasteiger partial charge on any atom is 0.240 e. The zero-order valence-corrected chi connectivity index (χ0v) is 16.5. The predicted octanol–water partition coefficient (Wildman–Crippen LogP) is 4.41. The minimum Gasteiger partial charge on any atom is -0.504 e. The van der Waals surface area contributed by atoms with Gasteiger partial charge in [-0.2, -0.15) is 5.10 Å². The Kier molecular flexibility index (Phi) is 7.76. The van der Waals surface area contributed by atoms with Crippen molar-refractivity contribution in [3.05, 3.63) is 52.0 Å². The molecule has 0 aliphatic heterocycles. The van der Waals surface area contributed by atoms with Crippen LogP contribution in [0, 0.1) is 0 Å². The van der Waals surface area contributed by atoms with Crippen molar-refractivity contribution in [2.24, 2.45) is 5.10 Å². The molecule has 0 spiro atoms. The summed E-state index contributed by atoms with van der Waals surface area (Å²) < 4.78 is 10.6. The SMILES string of the molecule is COc1cc(/C(C)=N/NC(=O)CCCOc2ccc(Cl)cc2Cl)ccc1O. The maximum atomic E-state index is 11.9. The molecular formula is C19H20Cl2N2O4. The molecule has 0 saturated carbocycles. The summed E-state index contributed by atoms with van der Waals surface area (Å²) in [4.78, 5) is 11.9. The molecule has 27 heavy (non-hydrogen) atoms. The first-order valence-electron chi connectivity index (χ1n) is 8.19. The second-order valence-corrected chi connectivity index (χ2v) is 6.49. The molecule has 0 fully saturated rings. The highest BCUT2D eigenvalue weighted by Gasteiger charge is 2.07. The fourth-order valence-electron chi connectivity index (χ4n) is 2.18. The Hall–Kier alpha value is -2.44. The van der Waals surface area contributed by atoms with Gasteiger partial charge in [0.1, 0.15) is 5.75 Å². The van der Waals surface area contributed by atoms with Gasteiger partial charge in [-0.05, 0) is 49.7 Å². The van der Waals surface area contributed by atoms with Crippen LogP contribution in [-0.2, 0) is 4.79 Å². The molecule has 6 nitrogen and oxygen atoms in total. The molecule has 0 bridgehead atoms. The van der Waals surface area contributed by atoms with Crippen LogP contribution >= 0.6 is 23.2 Å². The lowest BCUT2D eigenvalue weighted by molar-refractivity contribution is -0.121. The van der Waals surface area contributed by atoms with E-state index in [-0.39, 0.29) is 18.1 Å². The number of hydrazone groups is 1. The first kappa shape index (κ1) is 20.9. The number of hydrogen-bond donors (Lipinski definition) is 2. The Morgan fingerprint density at radius 1 is 1.19 bits per heavy atom. The van der Waals surface area contributed by atoms with E-state index in [1.807, 2.05) is 0 Å². The lowest BCUT2D eigenvalue weighted by Gasteiger charge is -2.08.